The van der Waals surface area contributed by atoms with Crippen LogP contribution in [0.3, 0.4) is 0 Å². The molecule has 0 fully saturated rings. The summed E-state index contributed by atoms with van der Waals surface area (Å²) in [5.41, 5.74) is 13.0. The van der Waals surface area contributed by atoms with Crippen molar-refractivity contribution in [3.63, 3.8) is 0 Å². The number of imidazole rings is 1. The Morgan fingerprint density at radius 1 is 0.585 bits per heavy atom. The maximum absolute atomic E-state index is 5.14. The maximum Gasteiger partial charge on any atom is 0.146 e. The van der Waals surface area contributed by atoms with Gasteiger partial charge >= 0.3 is 0 Å². The molecule has 4 aromatic carbocycles. The Morgan fingerprint density at radius 3 is 2.34 bits per heavy atom. The van der Waals surface area contributed by atoms with Gasteiger partial charge in [-0.25, -0.2) is 4.98 Å². The number of hydrogen-bond acceptors (Lipinski definition) is 3. The molecule has 190 valence electrons. The number of pyridine rings is 3. The summed E-state index contributed by atoms with van der Waals surface area (Å²) in [5.74, 6) is 0. The maximum atomic E-state index is 5.14. The molecular formula is C36H21N5. The highest BCUT2D eigenvalue weighted by atomic mass is 15.0. The van der Waals surface area contributed by atoms with Gasteiger partial charge in [0.15, 0.2) is 0 Å². The molecule has 0 radical (unpaired) electrons. The highest BCUT2D eigenvalue weighted by Gasteiger charge is 2.25. The van der Waals surface area contributed by atoms with Crippen LogP contribution < -0.4 is 0 Å². The van der Waals surface area contributed by atoms with Crippen LogP contribution >= 0.6 is 0 Å². The van der Waals surface area contributed by atoms with E-state index in [4.69, 9.17) is 4.98 Å². The monoisotopic (exact) mass is 523 g/mol. The van der Waals surface area contributed by atoms with Crippen LogP contribution in [-0.4, -0.2) is 23.9 Å². The Morgan fingerprint density at radius 2 is 1.41 bits per heavy atom. The Balaban J connectivity index is 1.45. The van der Waals surface area contributed by atoms with Gasteiger partial charge in [-0.3, -0.25) is 14.4 Å². The molecular weight excluding hydrogens is 502 g/mol. The topological polar surface area (TPSA) is 48.0 Å². The first-order valence-corrected chi connectivity index (χ1v) is 13.9. The first-order chi connectivity index (χ1) is 20.3. The molecule has 10 rings (SSSR count). The van der Waals surface area contributed by atoms with Crippen molar-refractivity contribution in [1.29, 1.82) is 0 Å². The van der Waals surface area contributed by atoms with E-state index in [1.165, 1.54) is 49.4 Å². The summed E-state index contributed by atoms with van der Waals surface area (Å²) in [7, 11) is 0. The average molecular weight is 524 g/mol. The summed E-state index contributed by atoms with van der Waals surface area (Å²) >= 11 is 0. The van der Waals surface area contributed by atoms with Crippen molar-refractivity contribution in [2.24, 2.45) is 0 Å². The smallest absolute Gasteiger partial charge is 0.146 e. The second-order valence-corrected chi connectivity index (χ2v) is 10.9. The van der Waals surface area contributed by atoms with Crippen LogP contribution in [0, 0.1) is 0 Å². The molecule has 0 amide bonds. The van der Waals surface area contributed by atoms with Gasteiger partial charge in [-0.05, 0) is 76.5 Å². The molecule has 5 aromatic heterocycles. The summed E-state index contributed by atoms with van der Waals surface area (Å²) < 4.78 is 4.64. The van der Waals surface area contributed by atoms with Gasteiger partial charge in [0.25, 0.3) is 0 Å². The fraction of sp³-hybridized carbons (Fsp3) is 0.0278. The largest absolute Gasteiger partial charge is 0.309 e. The number of hydrogen-bond donors (Lipinski definition) is 0. The third kappa shape index (κ3) is 2.68. The highest BCUT2D eigenvalue weighted by Crippen LogP contribution is 2.46. The van der Waals surface area contributed by atoms with Crippen LogP contribution in [0.15, 0.2) is 116 Å². The quantitative estimate of drug-likeness (QED) is 0.204. The van der Waals surface area contributed by atoms with Crippen molar-refractivity contribution in [2.45, 2.75) is 6.42 Å². The number of benzene rings is 4. The van der Waals surface area contributed by atoms with E-state index < -0.39 is 0 Å². The van der Waals surface area contributed by atoms with E-state index in [0.717, 1.165) is 45.1 Å². The highest BCUT2D eigenvalue weighted by molar-refractivity contribution is 6.22. The van der Waals surface area contributed by atoms with Gasteiger partial charge in [0.05, 0.1) is 40.0 Å². The Bertz CT molecular complexity index is 2550. The van der Waals surface area contributed by atoms with E-state index in [1.54, 1.807) is 0 Å². The third-order valence-electron chi connectivity index (χ3n) is 8.90. The first-order valence-electron chi connectivity index (χ1n) is 13.9. The molecule has 5 heteroatoms. The minimum atomic E-state index is 0.931. The summed E-state index contributed by atoms with van der Waals surface area (Å²) in [6.45, 7) is 0. The summed E-state index contributed by atoms with van der Waals surface area (Å²) in [5, 5.41) is 6.03. The van der Waals surface area contributed by atoms with Crippen LogP contribution in [0.5, 0.6) is 0 Å². The molecule has 5 heterocycles. The molecule has 0 saturated heterocycles. The van der Waals surface area contributed by atoms with E-state index in [1.807, 2.05) is 30.9 Å². The molecule has 5 nitrogen and oxygen atoms in total. The summed E-state index contributed by atoms with van der Waals surface area (Å²) in [4.78, 5) is 14.1. The predicted octanol–water partition coefficient (Wildman–Crippen LogP) is 8.25. The molecule has 1 aliphatic carbocycles. The zero-order valence-electron chi connectivity index (χ0n) is 21.9. The van der Waals surface area contributed by atoms with Crippen molar-refractivity contribution in [2.75, 3.05) is 0 Å². The van der Waals surface area contributed by atoms with Crippen molar-refractivity contribution in [3.8, 4) is 16.8 Å². The van der Waals surface area contributed by atoms with Gasteiger partial charge in [-0.1, -0.05) is 48.5 Å². The van der Waals surface area contributed by atoms with E-state index >= 15 is 0 Å². The van der Waals surface area contributed by atoms with Gasteiger partial charge in [0.2, 0.25) is 0 Å². The van der Waals surface area contributed by atoms with Gasteiger partial charge in [-0.2, -0.15) is 0 Å². The van der Waals surface area contributed by atoms with E-state index in [0.29, 0.717) is 0 Å². The number of para-hydroxylation sites is 1. The van der Waals surface area contributed by atoms with Gasteiger partial charge in [0.1, 0.15) is 5.65 Å². The lowest BCUT2D eigenvalue weighted by Gasteiger charge is -2.11. The minimum absolute atomic E-state index is 0.931. The standard InChI is InChI=1S/C36H21N5/c1-2-7-22(8-3-1)40-31-11-10-24-23-9-5-4-6-21(23)16-27(24)35(31)29-17-28-26(18-32(29)40)25-12-14-37-19-33(25)41-34-20-38-15-13-30(34)39-36(28)41/h1-15,17-20H,16H2. The molecule has 0 atom stereocenters. The number of aromatic nitrogens is 5. The zero-order chi connectivity index (χ0) is 26.7. The lowest BCUT2D eigenvalue weighted by molar-refractivity contribution is 1.18. The van der Waals surface area contributed by atoms with Gasteiger partial charge in [-0.15, -0.1) is 0 Å². The summed E-state index contributed by atoms with van der Waals surface area (Å²) in [6.07, 6.45) is 8.47. The van der Waals surface area contributed by atoms with Gasteiger partial charge in [0, 0.05) is 39.6 Å². The Labute approximate surface area is 234 Å². The van der Waals surface area contributed by atoms with E-state index in [2.05, 4.69) is 104 Å². The van der Waals surface area contributed by atoms with Gasteiger partial charge < -0.3 is 4.57 Å². The predicted molar refractivity (Wildman–Crippen MR) is 166 cm³/mol. The van der Waals surface area contributed by atoms with E-state index in [9.17, 15) is 0 Å². The van der Waals surface area contributed by atoms with Crippen molar-refractivity contribution in [1.82, 2.24) is 23.9 Å². The fourth-order valence-electron chi connectivity index (χ4n) is 7.19. The van der Waals surface area contributed by atoms with Crippen molar-refractivity contribution < 1.29 is 0 Å². The molecule has 0 saturated carbocycles. The fourth-order valence-corrected chi connectivity index (χ4v) is 7.19. The second-order valence-electron chi connectivity index (χ2n) is 10.9. The first kappa shape index (κ1) is 21.3. The molecule has 0 N–H and O–H groups in total. The van der Waals surface area contributed by atoms with Crippen LogP contribution in [0.25, 0.3) is 77.0 Å². The van der Waals surface area contributed by atoms with Crippen LogP contribution in [0.2, 0.25) is 0 Å². The molecule has 0 aliphatic heterocycles. The molecule has 0 unspecified atom stereocenters. The van der Waals surface area contributed by atoms with E-state index in [-0.39, 0.29) is 0 Å². The van der Waals surface area contributed by atoms with Crippen LogP contribution in [0.1, 0.15) is 11.1 Å². The second kappa shape index (κ2) is 7.55. The van der Waals surface area contributed by atoms with Crippen molar-refractivity contribution in [3.05, 3.63) is 127 Å². The Hall–Kier alpha value is -5.55. The summed E-state index contributed by atoms with van der Waals surface area (Å²) in [6, 6.07) is 33.0. The lowest BCUT2D eigenvalue weighted by Crippen LogP contribution is -1.95. The molecule has 0 bridgehead atoms. The van der Waals surface area contributed by atoms with Crippen LogP contribution in [-0.2, 0) is 6.42 Å². The third-order valence-corrected chi connectivity index (χ3v) is 8.90. The number of rotatable bonds is 1. The number of nitrogens with zero attached hydrogens (tertiary/aromatic N) is 5. The SMILES string of the molecule is c1ccc(-n2c3cc4c5ccncc5n5c6cnccc6nc5c4cc3c3c4c(ccc32)-c2ccccc2C4)cc1. The average Bonchev–Trinajstić information content (AvgIpc) is 3.70. The molecule has 9 aromatic rings. The van der Waals surface area contributed by atoms with Crippen molar-refractivity contribution >= 4 is 60.2 Å². The minimum Gasteiger partial charge on any atom is -0.309 e. The molecule has 41 heavy (non-hydrogen) atoms. The lowest BCUT2D eigenvalue weighted by atomic mass is 9.99. The molecule has 1 aliphatic rings. The normalized spacial score (nSPS) is 12.8. The number of fused-ring (bicyclic) bond motifs is 15. The molecule has 0 spiro atoms. The van der Waals surface area contributed by atoms with Crippen LogP contribution in [0.4, 0.5) is 0 Å². The Kier molecular flexibility index (Phi) is 3.92. The zero-order valence-corrected chi connectivity index (χ0v) is 21.9.